The summed E-state index contributed by atoms with van der Waals surface area (Å²) in [7, 11) is 0. The number of hydrogen-bond acceptors (Lipinski definition) is 4. The number of rotatable bonds is 3. The molecule has 0 aliphatic carbocycles. The first-order valence-electron chi connectivity index (χ1n) is 5.43. The topological polar surface area (TPSA) is 63.8 Å². The number of nitrogen functional groups attached to an aromatic ring is 1. The van der Waals surface area contributed by atoms with Gasteiger partial charge in [-0.15, -0.1) is 0 Å². The van der Waals surface area contributed by atoms with E-state index >= 15 is 0 Å². The number of nitrogens with two attached hydrogens (primary N) is 1. The lowest BCUT2D eigenvalue weighted by atomic mass is 10.2. The molecule has 0 radical (unpaired) electrons. The van der Waals surface area contributed by atoms with Crippen molar-refractivity contribution < 1.29 is 0 Å². The van der Waals surface area contributed by atoms with Crippen molar-refractivity contribution in [2.24, 2.45) is 0 Å². The Hall–Kier alpha value is -1.14. The first-order chi connectivity index (χ1) is 8.61. The zero-order chi connectivity index (χ0) is 13.1. The molecule has 0 atom stereocenters. The van der Waals surface area contributed by atoms with Crippen LogP contribution in [0.4, 0.5) is 17.3 Å². The smallest absolute Gasteiger partial charge is 0.139 e. The van der Waals surface area contributed by atoms with Crippen LogP contribution in [-0.4, -0.2) is 9.97 Å². The molecule has 1 aromatic carbocycles. The number of anilines is 3. The highest BCUT2D eigenvalue weighted by molar-refractivity contribution is 9.11. The fourth-order valence-electron chi connectivity index (χ4n) is 1.60. The Morgan fingerprint density at radius 1 is 1.28 bits per heavy atom. The molecular weight excluding hydrogens is 360 g/mol. The molecule has 4 nitrogen and oxygen atoms in total. The molecule has 0 amide bonds. The van der Waals surface area contributed by atoms with Crippen LogP contribution in [-0.2, 0) is 6.42 Å². The third-order valence-corrected chi connectivity index (χ3v) is 3.70. The fourth-order valence-corrected chi connectivity index (χ4v) is 2.31. The lowest BCUT2D eigenvalue weighted by Gasteiger charge is -2.12. The van der Waals surface area contributed by atoms with Gasteiger partial charge in [0.2, 0.25) is 0 Å². The summed E-state index contributed by atoms with van der Waals surface area (Å²) >= 11 is 6.94. The summed E-state index contributed by atoms with van der Waals surface area (Å²) < 4.78 is 1.96. The normalized spacial score (nSPS) is 10.4. The van der Waals surface area contributed by atoms with E-state index in [0.29, 0.717) is 5.82 Å². The van der Waals surface area contributed by atoms with Crippen LogP contribution in [0.25, 0.3) is 0 Å². The monoisotopic (exact) mass is 370 g/mol. The molecule has 2 rings (SSSR count). The Morgan fingerprint density at radius 3 is 2.78 bits per heavy atom. The van der Waals surface area contributed by atoms with E-state index < -0.39 is 0 Å². The van der Waals surface area contributed by atoms with Crippen molar-refractivity contribution in [2.45, 2.75) is 13.3 Å². The predicted molar refractivity (Wildman–Crippen MR) is 80.9 cm³/mol. The predicted octanol–water partition coefficient (Wildman–Crippen LogP) is 3.89. The molecule has 0 aliphatic heterocycles. The van der Waals surface area contributed by atoms with E-state index in [4.69, 9.17) is 5.73 Å². The first-order valence-corrected chi connectivity index (χ1v) is 7.01. The quantitative estimate of drug-likeness (QED) is 0.858. The van der Waals surface area contributed by atoms with Gasteiger partial charge >= 0.3 is 0 Å². The van der Waals surface area contributed by atoms with Gasteiger partial charge in [0.1, 0.15) is 18.0 Å². The van der Waals surface area contributed by atoms with Gasteiger partial charge in [0, 0.05) is 14.5 Å². The van der Waals surface area contributed by atoms with Gasteiger partial charge in [-0.25, -0.2) is 9.97 Å². The van der Waals surface area contributed by atoms with Crippen molar-refractivity contribution in [3.63, 3.8) is 0 Å². The Balaban J connectivity index is 2.40. The average Bonchev–Trinajstić information content (AvgIpc) is 2.34. The van der Waals surface area contributed by atoms with Crippen LogP contribution in [0.3, 0.4) is 0 Å². The number of nitrogens with zero attached hydrogens (tertiary/aromatic N) is 2. The van der Waals surface area contributed by atoms with Crippen LogP contribution >= 0.6 is 31.9 Å². The van der Waals surface area contributed by atoms with Crippen LogP contribution in [0, 0.1) is 0 Å². The summed E-state index contributed by atoms with van der Waals surface area (Å²) in [6, 6.07) is 5.90. The van der Waals surface area contributed by atoms with Gasteiger partial charge in [-0.3, -0.25) is 0 Å². The van der Waals surface area contributed by atoms with E-state index in [-0.39, 0.29) is 0 Å². The largest absolute Gasteiger partial charge is 0.383 e. The average molecular weight is 372 g/mol. The Kier molecular flexibility index (Phi) is 4.19. The van der Waals surface area contributed by atoms with E-state index in [1.807, 2.05) is 25.1 Å². The van der Waals surface area contributed by atoms with Crippen molar-refractivity contribution in [3.05, 3.63) is 39.0 Å². The van der Waals surface area contributed by atoms with Gasteiger partial charge in [0.15, 0.2) is 0 Å². The standard InChI is InChI=1S/C12H12Br2N4/c1-2-8-11(15)16-6-17-12(8)18-10-5-7(13)3-4-9(10)14/h3-6H,2H2,1H3,(H3,15,16,17,18). The summed E-state index contributed by atoms with van der Waals surface area (Å²) in [5.41, 5.74) is 7.69. The first kappa shape index (κ1) is 13.3. The van der Waals surface area contributed by atoms with Crippen LogP contribution in [0.15, 0.2) is 33.5 Å². The minimum atomic E-state index is 0.515. The highest BCUT2D eigenvalue weighted by Crippen LogP contribution is 2.30. The lowest BCUT2D eigenvalue weighted by Crippen LogP contribution is -2.04. The third kappa shape index (κ3) is 2.81. The molecule has 18 heavy (non-hydrogen) atoms. The molecule has 0 spiro atoms. The third-order valence-electron chi connectivity index (χ3n) is 2.51. The highest BCUT2D eigenvalue weighted by Gasteiger charge is 2.09. The molecule has 0 unspecified atom stereocenters. The molecule has 1 heterocycles. The number of benzene rings is 1. The lowest BCUT2D eigenvalue weighted by molar-refractivity contribution is 1.06. The zero-order valence-corrected chi connectivity index (χ0v) is 12.9. The SMILES string of the molecule is CCc1c(N)ncnc1Nc1cc(Br)ccc1Br. The molecule has 0 saturated carbocycles. The van der Waals surface area contributed by atoms with E-state index in [1.165, 1.54) is 6.33 Å². The second-order valence-corrected chi connectivity index (χ2v) is 5.46. The maximum absolute atomic E-state index is 5.84. The molecule has 0 saturated heterocycles. The van der Waals surface area contributed by atoms with Gasteiger partial charge in [-0.2, -0.15) is 0 Å². The van der Waals surface area contributed by atoms with Crippen LogP contribution in [0.1, 0.15) is 12.5 Å². The summed E-state index contributed by atoms with van der Waals surface area (Å²) in [6.45, 7) is 2.02. The Labute approximate surface area is 122 Å². The van der Waals surface area contributed by atoms with Gasteiger partial charge in [0.25, 0.3) is 0 Å². The summed E-state index contributed by atoms with van der Waals surface area (Å²) in [5, 5.41) is 3.27. The number of halogens is 2. The van der Waals surface area contributed by atoms with Gasteiger partial charge in [-0.1, -0.05) is 22.9 Å². The Morgan fingerprint density at radius 2 is 2.06 bits per heavy atom. The van der Waals surface area contributed by atoms with E-state index in [9.17, 15) is 0 Å². The number of nitrogens with one attached hydrogen (secondary N) is 1. The van der Waals surface area contributed by atoms with Gasteiger partial charge in [0.05, 0.1) is 5.69 Å². The maximum atomic E-state index is 5.84. The van der Waals surface area contributed by atoms with Crippen molar-refractivity contribution in [1.29, 1.82) is 0 Å². The molecule has 0 fully saturated rings. The zero-order valence-electron chi connectivity index (χ0n) is 9.74. The van der Waals surface area contributed by atoms with Crippen molar-refractivity contribution in [3.8, 4) is 0 Å². The molecule has 0 bridgehead atoms. The number of aromatic nitrogens is 2. The minimum Gasteiger partial charge on any atom is -0.383 e. The van der Waals surface area contributed by atoms with Crippen molar-refractivity contribution in [1.82, 2.24) is 9.97 Å². The second-order valence-electron chi connectivity index (χ2n) is 3.69. The van der Waals surface area contributed by atoms with Gasteiger partial charge < -0.3 is 11.1 Å². The van der Waals surface area contributed by atoms with Crippen molar-refractivity contribution in [2.75, 3.05) is 11.1 Å². The van der Waals surface area contributed by atoms with Crippen molar-refractivity contribution >= 4 is 49.2 Å². The molecule has 2 aromatic rings. The maximum Gasteiger partial charge on any atom is 0.139 e. The second kappa shape index (κ2) is 5.67. The molecule has 94 valence electrons. The van der Waals surface area contributed by atoms with E-state index in [2.05, 4.69) is 47.1 Å². The van der Waals surface area contributed by atoms with Crippen LogP contribution in [0.2, 0.25) is 0 Å². The Bertz CT molecular complexity index is 572. The molecular formula is C12H12Br2N4. The van der Waals surface area contributed by atoms with Crippen LogP contribution in [0.5, 0.6) is 0 Å². The van der Waals surface area contributed by atoms with Crippen LogP contribution < -0.4 is 11.1 Å². The minimum absolute atomic E-state index is 0.515. The van der Waals surface area contributed by atoms with E-state index in [0.717, 1.165) is 32.4 Å². The highest BCUT2D eigenvalue weighted by atomic mass is 79.9. The summed E-state index contributed by atoms with van der Waals surface area (Å²) in [6.07, 6.45) is 2.24. The van der Waals surface area contributed by atoms with Gasteiger partial charge in [-0.05, 0) is 40.5 Å². The molecule has 6 heteroatoms. The molecule has 0 aliphatic rings. The van der Waals surface area contributed by atoms with E-state index in [1.54, 1.807) is 0 Å². The summed E-state index contributed by atoms with van der Waals surface area (Å²) in [5.74, 6) is 1.25. The number of hydrogen-bond donors (Lipinski definition) is 2. The molecule has 1 aromatic heterocycles. The fraction of sp³-hybridized carbons (Fsp3) is 0.167. The summed E-state index contributed by atoms with van der Waals surface area (Å²) in [4.78, 5) is 8.24. The molecule has 3 N–H and O–H groups in total.